The highest BCUT2D eigenvalue weighted by Gasteiger charge is 2.39. The normalized spacial score (nSPS) is 17.6. The number of amidine groups is 1. The van der Waals surface area contributed by atoms with Crippen molar-refractivity contribution in [3.63, 3.8) is 0 Å². The van der Waals surface area contributed by atoms with E-state index < -0.39 is 0 Å². The summed E-state index contributed by atoms with van der Waals surface area (Å²) in [6.45, 7) is 17.2. The van der Waals surface area contributed by atoms with Crippen molar-refractivity contribution in [2.75, 3.05) is 19.7 Å². The van der Waals surface area contributed by atoms with Crippen LogP contribution in [0.25, 0.3) is 0 Å². The predicted octanol–water partition coefficient (Wildman–Crippen LogP) is 7.42. The van der Waals surface area contributed by atoms with Gasteiger partial charge in [0.2, 0.25) is 0 Å². The topological polar surface area (TPSA) is 90.7 Å². The molecule has 214 valence electrons. The van der Waals surface area contributed by atoms with E-state index in [0.29, 0.717) is 30.1 Å². The quantitative estimate of drug-likeness (QED) is 0.243. The molecule has 1 aliphatic rings. The number of carbonyl (C=O) groups excluding carboxylic acids is 2. The van der Waals surface area contributed by atoms with E-state index in [4.69, 9.17) is 10.1 Å². The second kappa shape index (κ2) is 12.7. The molecule has 0 bridgehead atoms. The molecule has 2 aromatic carbocycles. The van der Waals surface area contributed by atoms with Crippen molar-refractivity contribution in [2.24, 2.45) is 5.92 Å². The largest absolute Gasteiger partial charge is 0.507 e. The van der Waals surface area contributed by atoms with Crippen molar-refractivity contribution in [3.8, 4) is 5.75 Å². The van der Waals surface area contributed by atoms with Gasteiger partial charge in [0, 0.05) is 29.2 Å². The fraction of sp³-hybridized carbons (Fsp3) is 0.531. The van der Waals surface area contributed by atoms with E-state index in [1.807, 2.05) is 70.7 Å². The minimum atomic E-state index is -0.351. The van der Waals surface area contributed by atoms with E-state index in [9.17, 15) is 14.7 Å². The molecule has 0 aromatic heterocycles. The first kappa shape index (κ1) is 32.5. The number of nitrogens with zero attached hydrogens (tertiary/aromatic N) is 1. The predicted molar refractivity (Wildman–Crippen MR) is 163 cm³/mol. The number of ketones is 1. The van der Waals surface area contributed by atoms with Crippen LogP contribution in [0.2, 0.25) is 0 Å². The number of aromatic hydroxyl groups is 1. The van der Waals surface area contributed by atoms with Gasteiger partial charge in [0.15, 0.2) is 5.78 Å². The van der Waals surface area contributed by atoms with E-state index in [1.54, 1.807) is 19.1 Å². The average Bonchev–Trinajstić information content (AvgIpc) is 3.12. The van der Waals surface area contributed by atoms with Crippen molar-refractivity contribution in [3.05, 3.63) is 64.2 Å². The molecule has 1 saturated heterocycles. The minimum absolute atomic E-state index is 0. The Labute approximate surface area is 244 Å². The second-order valence-corrected chi connectivity index (χ2v) is 12.5. The average molecular weight is 602 g/mol. The number of likely N-dealkylation sites (tertiary alicyclic amines) is 1. The van der Waals surface area contributed by atoms with Crippen LogP contribution >= 0.6 is 17.0 Å². The summed E-state index contributed by atoms with van der Waals surface area (Å²) in [4.78, 5) is 27.6. The molecule has 2 aromatic rings. The molecule has 0 amide bonds. The zero-order valence-electron chi connectivity index (χ0n) is 24.7. The molecule has 1 heterocycles. The highest BCUT2D eigenvalue weighted by molar-refractivity contribution is 8.93. The van der Waals surface area contributed by atoms with Crippen LogP contribution in [0.3, 0.4) is 0 Å². The van der Waals surface area contributed by atoms with Crippen LogP contribution in [-0.4, -0.2) is 47.3 Å². The first-order chi connectivity index (χ1) is 17.7. The molecule has 39 heavy (non-hydrogen) atoms. The summed E-state index contributed by atoms with van der Waals surface area (Å²) in [5, 5.41) is 20.1. The Morgan fingerprint density at radius 2 is 1.51 bits per heavy atom. The standard InChI is InChI=1S/C32H44N2O4.BrH/c1-9-11-22-18-34(29(33)27(22)20-12-14-21(15-13-20)30(37)38-10-2)19-26(35)23-16-24(31(3,4)5)28(36)25(17-23)32(6,7)8;/h12-17,22,27,33,36H,9-11,18-19H2,1-8H3;1H/t22-,27+;/m0./s1. The number of hydrogen-bond donors (Lipinski definition) is 2. The number of phenols is 1. The Bertz CT molecular complexity index is 1160. The van der Waals surface area contributed by atoms with Crippen LogP contribution in [0, 0.1) is 11.3 Å². The van der Waals surface area contributed by atoms with Crippen LogP contribution in [0.4, 0.5) is 0 Å². The summed E-state index contributed by atoms with van der Waals surface area (Å²) in [6, 6.07) is 11.0. The Kier molecular flexibility index (Phi) is 10.6. The molecule has 1 aliphatic heterocycles. The van der Waals surface area contributed by atoms with Crippen LogP contribution in [0.5, 0.6) is 5.75 Å². The monoisotopic (exact) mass is 600 g/mol. The van der Waals surface area contributed by atoms with Crippen LogP contribution in [0.15, 0.2) is 36.4 Å². The van der Waals surface area contributed by atoms with Crippen LogP contribution in [0.1, 0.15) is 112 Å². The number of halogens is 1. The highest BCUT2D eigenvalue weighted by Crippen LogP contribution is 2.41. The molecule has 6 nitrogen and oxygen atoms in total. The molecule has 0 radical (unpaired) electrons. The van der Waals surface area contributed by atoms with Crippen LogP contribution in [-0.2, 0) is 15.6 Å². The number of esters is 1. The molecule has 0 spiro atoms. The summed E-state index contributed by atoms with van der Waals surface area (Å²) in [5.74, 6) is 0.365. The molecule has 7 heteroatoms. The summed E-state index contributed by atoms with van der Waals surface area (Å²) < 4.78 is 5.10. The third kappa shape index (κ3) is 7.30. The Balaban J connectivity index is 0.00000533. The summed E-state index contributed by atoms with van der Waals surface area (Å²) >= 11 is 0. The molecule has 3 rings (SSSR count). The van der Waals surface area contributed by atoms with Gasteiger partial charge in [0.25, 0.3) is 0 Å². The van der Waals surface area contributed by atoms with E-state index >= 15 is 0 Å². The Morgan fingerprint density at radius 1 is 0.974 bits per heavy atom. The molecule has 1 fully saturated rings. The Hall–Kier alpha value is -2.67. The number of ether oxygens (including phenoxy) is 1. The van der Waals surface area contributed by atoms with Crippen molar-refractivity contribution < 1.29 is 19.4 Å². The van der Waals surface area contributed by atoms with Gasteiger partial charge in [-0.2, -0.15) is 0 Å². The smallest absolute Gasteiger partial charge is 0.338 e. The number of phenolic OH excluding ortho intramolecular Hbond substituents is 1. The SMILES string of the molecule is Br.CCC[C@H]1CN(CC(=O)c2cc(C(C)(C)C)c(O)c(C(C)(C)C)c2)C(=N)[C@@H]1c1ccc(C(=O)OCC)cc1. The Morgan fingerprint density at radius 3 is 1.97 bits per heavy atom. The van der Waals surface area contributed by atoms with Gasteiger partial charge >= 0.3 is 5.97 Å². The zero-order chi connectivity index (χ0) is 28.4. The molecule has 2 atom stereocenters. The summed E-state index contributed by atoms with van der Waals surface area (Å²) in [7, 11) is 0. The molecular formula is C32H45BrN2O4. The maximum absolute atomic E-state index is 13.6. The molecule has 2 N–H and O–H groups in total. The van der Waals surface area contributed by atoms with Crippen molar-refractivity contribution in [2.45, 2.75) is 85.0 Å². The maximum atomic E-state index is 13.6. The number of Topliss-reactive ketones (excluding diaryl/α,β-unsaturated/α-hetero) is 1. The fourth-order valence-electron chi connectivity index (χ4n) is 5.36. The third-order valence-electron chi connectivity index (χ3n) is 7.38. The second-order valence-electron chi connectivity index (χ2n) is 12.5. The third-order valence-corrected chi connectivity index (χ3v) is 7.38. The van der Waals surface area contributed by atoms with E-state index in [0.717, 1.165) is 29.5 Å². The van der Waals surface area contributed by atoms with Gasteiger partial charge in [-0.1, -0.05) is 67.0 Å². The lowest BCUT2D eigenvalue weighted by Gasteiger charge is -2.28. The van der Waals surface area contributed by atoms with Gasteiger partial charge in [-0.3, -0.25) is 10.2 Å². The lowest BCUT2D eigenvalue weighted by atomic mass is 9.78. The number of rotatable bonds is 8. The fourth-order valence-corrected chi connectivity index (χ4v) is 5.36. The number of hydrogen-bond acceptors (Lipinski definition) is 5. The van der Waals surface area contributed by atoms with Gasteiger partial charge in [-0.15, -0.1) is 17.0 Å². The van der Waals surface area contributed by atoms with Crippen molar-refractivity contribution in [1.29, 1.82) is 5.41 Å². The molecule has 0 aliphatic carbocycles. The molecule has 0 unspecified atom stereocenters. The lowest BCUT2D eigenvalue weighted by Crippen LogP contribution is -2.32. The number of benzene rings is 2. The van der Waals surface area contributed by atoms with Gasteiger partial charge in [-0.25, -0.2) is 4.79 Å². The first-order valence-electron chi connectivity index (χ1n) is 13.7. The van der Waals surface area contributed by atoms with Crippen molar-refractivity contribution >= 4 is 34.6 Å². The molecule has 0 saturated carbocycles. The van der Waals surface area contributed by atoms with Crippen molar-refractivity contribution in [1.82, 2.24) is 4.90 Å². The van der Waals surface area contributed by atoms with E-state index in [1.165, 1.54) is 0 Å². The number of carbonyl (C=O) groups is 2. The maximum Gasteiger partial charge on any atom is 0.338 e. The zero-order valence-corrected chi connectivity index (χ0v) is 26.4. The van der Waals surface area contributed by atoms with E-state index in [-0.39, 0.29) is 63.7 Å². The minimum Gasteiger partial charge on any atom is -0.507 e. The summed E-state index contributed by atoms with van der Waals surface area (Å²) in [6.07, 6.45) is 1.93. The number of nitrogens with one attached hydrogen (secondary N) is 1. The van der Waals surface area contributed by atoms with Gasteiger partial charge in [-0.05, 0) is 59.9 Å². The lowest BCUT2D eigenvalue weighted by molar-refractivity contribution is 0.0526. The molecular weight excluding hydrogens is 556 g/mol. The van der Waals surface area contributed by atoms with Gasteiger partial charge < -0.3 is 14.7 Å². The first-order valence-corrected chi connectivity index (χ1v) is 13.7. The highest BCUT2D eigenvalue weighted by atomic mass is 79.9. The van der Waals surface area contributed by atoms with Gasteiger partial charge in [0.1, 0.15) is 11.6 Å². The summed E-state index contributed by atoms with van der Waals surface area (Å²) in [5.41, 5.74) is 2.91. The van der Waals surface area contributed by atoms with Gasteiger partial charge in [0.05, 0.1) is 18.7 Å². The van der Waals surface area contributed by atoms with E-state index in [2.05, 4.69) is 6.92 Å². The van der Waals surface area contributed by atoms with Crippen LogP contribution < -0.4 is 0 Å².